The van der Waals surface area contributed by atoms with E-state index in [-0.39, 0.29) is 6.61 Å². The molecule has 0 spiro atoms. The van der Waals surface area contributed by atoms with E-state index in [4.69, 9.17) is 9.84 Å². The van der Waals surface area contributed by atoms with Crippen molar-refractivity contribution in [1.82, 2.24) is 5.32 Å². The van der Waals surface area contributed by atoms with E-state index in [9.17, 15) is 0 Å². The Bertz CT molecular complexity index is 597. The topological polar surface area (TPSA) is 41.5 Å². The summed E-state index contributed by atoms with van der Waals surface area (Å²) in [7, 11) is 0. The highest BCUT2D eigenvalue weighted by Crippen LogP contribution is 2.32. The fraction of sp³-hybridized carbons (Fsp3) is 0.333. The van der Waals surface area contributed by atoms with E-state index in [0.717, 1.165) is 37.4 Å². The SMILES string of the molecule is OCc1cccc(CNCC2CCOc3ccccc32)c1. The maximum absolute atomic E-state index is 9.17. The summed E-state index contributed by atoms with van der Waals surface area (Å²) in [6.07, 6.45) is 1.06. The Morgan fingerprint density at radius 3 is 2.86 bits per heavy atom. The average Bonchev–Trinajstić information content (AvgIpc) is 2.55. The van der Waals surface area contributed by atoms with Crippen LogP contribution in [0.15, 0.2) is 48.5 Å². The van der Waals surface area contributed by atoms with Crippen LogP contribution in [0.3, 0.4) is 0 Å². The molecule has 3 heteroatoms. The van der Waals surface area contributed by atoms with E-state index in [1.54, 1.807) is 0 Å². The van der Waals surface area contributed by atoms with Crippen LogP contribution in [0.2, 0.25) is 0 Å². The molecule has 0 aliphatic carbocycles. The van der Waals surface area contributed by atoms with E-state index >= 15 is 0 Å². The fourth-order valence-electron chi connectivity index (χ4n) is 2.86. The molecule has 1 atom stereocenters. The third kappa shape index (κ3) is 3.43. The first-order valence-corrected chi connectivity index (χ1v) is 7.48. The molecule has 0 amide bonds. The van der Waals surface area contributed by atoms with Crippen LogP contribution in [0.25, 0.3) is 0 Å². The summed E-state index contributed by atoms with van der Waals surface area (Å²) in [6.45, 7) is 2.67. The third-order valence-electron chi connectivity index (χ3n) is 3.98. The van der Waals surface area contributed by atoms with Gasteiger partial charge in [0.1, 0.15) is 5.75 Å². The molecule has 2 aromatic carbocycles. The molecule has 3 nitrogen and oxygen atoms in total. The van der Waals surface area contributed by atoms with E-state index < -0.39 is 0 Å². The lowest BCUT2D eigenvalue weighted by Gasteiger charge is -2.26. The zero-order chi connectivity index (χ0) is 14.5. The standard InChI is InChI=1S/C18H21NO2/c20-13-15-5-3-4-14(10-15)11-19-12-16-8-9-21-18-7-2-1-6-17(16)18/h1-7,10,16,19-20H,8-9,11-13H2. The molecular weight excluding hydrogens is 262 g/mol. The van der Waals surface area contributed by atoms with Crippen LogP contribution in [-0.4, -0.2) is 18.3 Å². The molecule has 1 unspecified atom stereocenters. The lowest BCUT2D eigenvalue weighted by molar-refractivity contribution is 0.264. The minimum absolute atomic E-state index is 0.0984. The average molecular weight is 283 g/mol. The number of hydrogen-bond acceptors (Lipinski definition) is 3. The first kappa shape index (κ1) is 14.1. The van der Waals surface area contributed by atoms with E-state index in [2.05, 4.69) is 23.5 Å². The molecule has 0 saturated heterocycles. The molecule has 2 aromatic rings. The molecule has 0 saturated carbocycles. The molecule has 1 aliphatic rings. The van der Waals surface area contributed by atoms with Crippen LogP contribution in [0, 0.1) is 0 Å². The smallest absolute Gasteiger partial charge is 0.122 e. The molecule has 21 heavy (non-hydrogen) atoms. The van der Waals surface area contributed by atoms with Gasteiger partial charge in [-0.2, -0.15) is 0 Å². The molecule has 0 fully saturated rings. The Kier molecular flexibility index (Phi) is 4.53. The van der Waals surface area contributed by atoms with E-state index in [0.29, 0.717) is 5.92 Å². The van der Waals surface area contributed by atoms with Gasteiger partial charge in [0.05, 0.1) is 13.2 Å². The summed E-state index contributed by atoms with van der Waals surface area (Å²) in [5.41, 5.74) is 3.48. The van der Waals surface area contributed by atoms with Crippen molar-refractivity contribution in [3.8, 4) is 5.75 Å². The van der Waals surface area contributed by atoms with Gasteiger partial charge in [-0.3, -0.25) is 0 Å². The Morgan fingerprint density at radius 1 is 1.10 bits per heavy atom. The summed E-state index contributed by atoms with van der Waals surface area (Å²) >= 11 is 0. The number of rotatable bonds is 5. The van der Waals surface area contributed by atoms with Gasteiger partial charge in [0.2, 0.25) is 0 Å². The van der Waals surface area contributed by atoms with Crippen molar-refractivity contribution in [2.45, 2.75) is 25.5 Å². The predicted octanol–water partition coefficient (Wildman–Crippen LogP) is 2.83. The Balaban J connectivity index is 1.59. The van der Waals surface area contributed by atoms with Gasteiger partial charge in [-0.25, -0.2) is 0 Å². The lowest BCUT2D eigenvalue weighted by atomic mass is 9.93. The van der Waals surface area contributed by atoms with Crippen molar-refractivity contribution in [3.63, 3.8) is 0 Å². The Labute approximate surface area is 125 Å². The van der Waals surface area contributed by atoms with Crippen molar-refractivity contribution in [2.75, 3.05) is 13.2 Å². The second-order valence-corrected chi connectivity index (χ2v) is 5.48. The van der Waals surface area contributed by atoms with Crippen molar-refractivity contribution in [3.05, 3.63) is 65.2 Å². The maximum Gasteiger partial charge on any atom is 0.122 e. The first-order chi connectivity index (χ1) is 10.4. The molecule has 0 aromatic heterocycles. The van der Waals surface area contributed by atoms with Crippen LogP contribution in [0.4, 0.5) is 0 Å². The highest BCUT2D eigenvalue weighted by Gasteiger charge is 2.20. The van der Waals surface area contributed by atoms with Gasteiger partial charge in [0.15, 0.2) is 0 Å². The van der Waals surface area contributed by atoms with Crippen LogP contribution < -0.4 is 10.1 Å². The zero-order valence-electron chi connectivity index (χ0n) is 12.1. The normalized spacial score (nSPS) is 17.1. The number of aliphatic hydroxyl groups is 1. The summed E-state index contributed by atoms with van der Waals surface area (Å²) in [6, 6.07) is 16.4. The number of fused-ring (bicyclic) bond motifs is 1. The quantitative estimate of drug-likeness (QED) is 0.886. The lowest BCUT2D eigenvalue weighted by Crippen LogP contribution is -2.25. The van der Waals surface area contributed by atoms with E-state index in [1.807, 2.05) is 30.3 Å². The Morgan fingerprint density at radius 2 is 1.95 bits per heavy atom. The molecular formula is C18H21NO2. The van der Waals surface area contributed by atoms with Crippen molar-refractivity contribution >= 4 is 0 Å². The van der Waals surface area contributed by atoms with E-state index in [1.165, 1.54) is 11.1 Å². The van der Waals surface area contributed by atoms with Gasteiger partial charge in [-0.05, 0) is 29.2 Å². The number of hydrogen-bond donors (Lipinski definition) is 2. The fourth-order valence-corrected chi connectivity index (χ4v) is 2.86. The second-order valence-electron chi connectivity index (χ2n) is 5.48. The molecule has 2 N–H and O–H groups in total. The monoisotopic (exact) mass is 283 g/mol. The molecule has 0 bridgehead atoms. The van der Waals surface area contributed by atoms with Gasteiger partial charge in [-0.15, -0.1) is 0 Å². The minimum Gasteiger partial charge on any atom is -0.493 e. The third-order valence-corrected chi connectivity index (χ3v) is 3.98. The van der Waals surface area contributed by atoms with Crippen molar-refractivity contribution in [2.24, 2.45) is 0 Å². The van der Waals surface area contributed by atoms with Crippen LogP contribution >= 0.6 is 0 Å². The van der Waals surface area contributed by atoms with Gasteiger partial charge in [0.25, 0.3) is 0 Å². The minimum atomic E-state index is 0.0984. The molecule has 110 valence electrons. The van der Waals surface area contributed by atoms with Crippen LogP contribution in [-0.2, 0) is 13.2 Å². The Hall–Kier alpha value is -1.84. The zero-order valence-corrected chi connectivity index (χ0v) is 12.1. The summed E-state index contributed by atoms with van der Waals surface area (Å²) in [5.74, 6) is 1.54. The first-order valence-electron chi connectivity index (χ1n) is 7.48. The van der Waals surface area contributed by atoms with Gasteiger partial charge in [-0.1, -0.05) is 42.5 Å². The van der Waals surface area contributed by atoms with Gasteiger partial charge in [0, 0.05) is 19.0 Å². The highest BCUT2D eigenvalue weighted by atomic mass is 16.5. The summed E-state index contributed by atoms with van der Waals surface area (Å²) < 4.78 is 5.69. The predicted molar refractivity (Wildman–Crippen MR) is 83.4 cm³/mol. The summed E-state index contributed by atoms with van der Waals surface area (Å²) in [5, 5.41) is 12.7. The molecule has 1 heterocycles. The number of nitrogens with one attached hydrogen (secondary N) is 1. The maximum atomic E-state index is 9.17. The van der Waals surface area contributed by atoms with Gasteiger partial charge >= 0.3 is 0 Å². The van der Waals surface area contributed by atoms with Crippen LogP contribution in [0.1, 0.15) is 29.0 Å². The number of ether oxygens (including phenoxy) is 1. The number of aliphatic hydroxyl groups excluding tert-OH is 1. The molecule has 3 rings (SSSR count). The highest BCUT2D eigenvalue weighted by molar-refractivity contribution is 5.38. The molecule has 0 radical (unpaired) electrons. The number of benzene rings is 2. The van der Waals surface area contributed by atoms with Gasteiger partial charge < -0.3 is 15.2 Å². The largest absolute Gasteiger partial charge is 0.493 e. The second kappa shape index (κ2) is 6.74. The summed E-state index contributed by atoms with van der Waals surface area (Å²) in [4.78, 5) is 0. The number of para-hydroxylation sites is 1. The van der Waals surface area contributed by atoms with Crippen molar-refractivity contribution < 1.29 is 9.84 Å². The van der Waals surface area contributed by atoms with Crippen molar-refractivity contribution in [1.29, 1.82) is 0 Å². The molecule has 1 aliphatic heterocycles. The van der Waals surface area contributed by atoms with Crippen LogP contribution in [0.5, 0.6) is 5.75 Å².